The average Bonchev–Trinajstić information content (AvgIpc) is 3.32. The molecule has 2 aromatic carbocycles. The van der Waals surface area contributed by atoms with Gasteiger partial charge in [-0.15, -0.1) is 0 Å². The van der Waals surface area contributed by atoms with E-state index in [9.17, 15) is 4.79 Å². The van der Waals surface area contributed by atoms with Gasteiger partial charge in [-0.1, -0.05) is 43.6 Å². The van der Waals surface area contributed by atoms with Gasteiger partial charge in [-0.25, -0.2) is 4.68 Å². The van der Waals surface area contributed by atoms with Crippen LogP contribution in [0.3, 0.4) is 0 Å². The van der Waals surface area contributed by atoms with E-state index in [1.54, 1.807) is 6.20 Å². The van der Waals surface area contributed by atoms with Gasteiger partial charge in [0.15, 0.2) is 0 Å². The van der Waals surface area contributed by atoms with Gasteiger partial charge in [-0.2, -0.15) is 5.10 Å². The standard InChI is InChI=1S/C26H26ClN3O2/c1-16(2)23(26(31)32-4)21-10-11-22(27)25-24(21)17(3)19(15-28-25)14-18-6-8-20(9-7-18)30-13-5-12-29-30/h5-13,15-16,23H,14H2,1-4H3. The molecule has 5 nitrogen and oxygen atoms in total. The first-order valence-electron chi connectivity index (χ1n) is 10.6. The molecule has 0 amide bonds. The molecule has 0 N–H and O–H groups in total. The number of aryl methyl sites for hydroxylation is 1. The molecule has 2 heterocycles. The Hall–Kier alpha value is -3.18. The summed E-state index contributed by atoms with van der Waals surface area (Å²) in [6.45, 7) is 6.12. The van der Waals surface area contributed by atoms with Gasteiger partial charge in [0.25, 0.3) is 0 Å². The summed E-state index contributed by atoms with van der Waals surface area (Å²) in [4.78, 5) is 17.3. The van der Waals surface area contributed by atoms with E-state index in [1.807, 2.05) is 49.1 Å². The number of esters is 1. The fourth-order valence-corrected chi connectivity index (χ4v) is 4.44. The van der Waals surface area contributed by atoms with Crippen LogP contribution in [0.2, 0.25) is 5.02 Å². The van der Waals surface area contributed by atoms with Crippen LogP contribution in [-0.4, -0.2) is 27.8 Å². The number of carbonyl (C=O) groups is 1. The number of aromatic nitrogens is 3. The Morgan fingerprint density at radius 3 is 2.53 bits per heavy atom. The van der Waals surface area contributed by atoms with Gasteiger partial charge >= 0.3 is 5.97 Å². The summed E-state index contributed by atoms with van der Waals surface area (Å²) in [5.74, 6) is -0.559. The number of hydrogen-bond acceptors (Lipinski definition) is 4. The first kappa shape index (κ1) is 22.0. The Kier molecular flexibility index (Phi) is 6.28. The second kappa shape index (κ2) is 9.13. The van der Waals surface area contributed by atoms with Crippen LogP contribution in [0.4, 0.5) is 0 Å². The van der Waals surface area contributed by atoms with E-state index in [0.717, 1.165) is 34.2 Å². The van der Waals surface area contributed by atoms with Crippen molar-refractivity contribution in [2.24, 2.45) is 5.92 Å². The topological polar surface area (TPSA) is 57.0 Å². The van der Waals surface area contributed by atoms with Crippen LogP contribution >= 0.6 is 11.6 Å². The molecule has 164 valence electrons. The highest BCUT2D eigenvalue weighted by Gasteiger charge is 2.28. The minimum atomic E-state index is -0.385. The predicted octanol–water partition coefficient (Wildman–Crippen LogP) is 5.89. The zero-order chi connectivity index (χ0) is 22.8. The minimum absolute atomic E-state index is 0.0738. The Morgan fingerprint density at radius 1 is 1.16 bits per heavy atom. The quantitative estimate of drug-likeness (QED) is 0.346. The first-order chi connectivity index (χ1) is 15.4. The van der Waals surface area contributed by atoms with Crippen LogP contribution in [-0.2, 0) is 16.0 Å². The number of carbonyl (C=O) groups excluding carboxylic acids is 1. The maximum atomic E-state index is 12.6. The summed E-state index contributed by atoms with van der Waals surface area (Å²) in [5.41, 5.74) is 5.99. The van der Waals surface area contributed by atoms with Crippen LogP contribution in [0.5, 0.6) is 0 Å². The fourth-order valence-electron chi connectivity index (χ4n) is 4.23. The number of rotatable bonds is 6. The number of pyridine rings is 1. The van der Waals surface area contributed by atoms with E-state index < -0.39 is 0 Å². The lowest BCUT2D eigenvalue weighted by Crippen LogP contribution is -2.20. The number of fused-ring (bicyclic) bond motifs is 1. The molecule has 0 aliphatic rings. The minimum Gasteiger partial charge on any atom is -0.469 e. The number of benzene rings is 2. The smallest absolute Gasteiger partial charge is 0.313 e. The maximum Gasteiger partial charge on any atom is 0.313 e. The molecule has 0 bridgehead atoms. The zero-order valence-electron chi connectivity index (χ0n) is 18.7. The molecule has 0 aliphatic heterocycles. The third kappa shape index (κ3) is 4.13. The van der Waals surface area contributed by atoms with Crippen molar-refractivity contribution in [3.8, 4) is 5.69 Å². The summed E-state index contributed by atoms with van der Waals surface area (Å²) in [7, 11) is 1.43. The lowest BCUT2D eigenvalue weighted by atomic mass is 9.84. The fraction of sp³-hybridized carbons (Fsp3) is 0.269. The van der Waals surface area contributed by atoms with Gasteiger partial charge in [0.2, 0.25) is 0 Å². The molecule has 2 aromatic heterocycles. The highest BCUT2D eigenvalue weighted by molar-refractivity contribution is 6.35. The first-order valence-corrected chi connectivity index (χ1v) is 11.0. The summed E-state index contributed by atoms with van der Waals surface area (Å²) >= 11 is 6.49. The Bertz CT molecular complexity index is 1250. The highest BCUT2D eigenvalue weighted by atomic mass is 35.5. The summed E-state index contributed by atoms with van der Waals surface area (Å²) < 4.78 is 6.95. The van der Waals surface area contributed by atoms with Gasteiger partial charge < -0.3 is 4.74 Å². The monoisotopic (exact) mass is 447 g/mol. The van der Waals surface area contributed by atoms with E-state index in [1.165, 1.54) is 12.7 Å². The molecule has 6 heteroatoms. The van der Waals surface area contributed by atoms with Crippen molar-refractivity contribution in [2.75, 3.05) is 7.11 Å². The molecule has 1 unspecified atom stereocenters. The van der Waals surface area contributed by atoms with Crippen LogP contribution < -0.4 is 0 Å². The zero-order valence-corrected chi connectivity index (χ0v) is 19.4. The second-order valence-electron chi connectivity index (χ2n) is 8.31. The van der Waals surface area contributed by atoms with Crippen LogP contribution in [0, 0.1) is 12.8 Å². The molecule has 0 fully saturated rings. The van der Waals surface area contributed by atoms with Gasteiger partial charge in [-0.05, 0) is 65.8 Å². The molecular formula is C26H26ClN3O2. The normalized spacial score (nSPS) is 12.3. The second-order valence-corrected chi connectivity index (χ2v) is 8.71. The molecule has 0 radical (unpaired) electrons. The van der Waals surface area contributed by atoms with Crippen LogP contribution in [0.1, 0.15) is 42.0 Å². The van der Waals surface area contributed by atoms with Crippen molar-refractivity contribution in [1.82, 2.24) is 14.8 Å². The predicted molar refractivity (Wildman–Crippen MR) is 127 cm³/mol. The third-order valence-corrected chi connectivity index (χ3v) is 6.23. The van der Waals surface area contributed by atoms with E-state index >= 15 is 0 Å². The average molecular weight is 448 g/mol. The lowest BCUT2D eigenvalue weighted by Gasteiger charge is -2.22. The number of methoxy groups -OCH3 is 1. The number of ether oxygens (including phenoxy) is 1. The maximum absolute atomic E-state index is 12.6. The molecule has 4 aromatic rings. The van der Waals surface area contributed by atoms with Crippen molar-refractivity contribution >= 4 is 28.5 Å². The van der Waals surface area contributed by atoms with E-state index in [0.29, 0.717) is 10.5 Å². The van der Waals surface area contributed by atoms with E-state index in [4.69, 9.17) is 16.3 Å². The van der Waals surface area contributed by atoms with Gasteiger partial charge in [0.1, 0.15) is 0 Å². The molecule has 4 rings (SSSR count). The van der Waals surface area contributed by atoms with Crippen molar-refractivity contribution in [3.63, 3.8) is 0 Å². The molecule has 0 aliphatic carbocycles. The van der Waals surface area contributed by atoms with Crippen molar-refractivity contribution in [3.05, 3.63) is 88.3 Å². The summed E-state index contributed by atoms with van der Waals surface area (Å²) in [6, 6.07) is 14.0. The van der Waals surface area contributed by atoms with Gasteiger partial charge in [0.05, 0.1) is 29.3 Å². The largest absolute Gasteiger partial charge is 0.469 e. The molecule has 1 atom stereocenters. The number of halogens is 1. The third-order valence-electron chi connectivity index (χ3n) is 5.92. The Balaban J connectivity index is 1.77. The van der Waals surface area contributed by atoms with Crippen molar-refractivity contribution in [2.45, 2.75) is 33.1 Å². The van der Waals surface area contributed by atoms with Crippen LogP contribution in [0.25, 0.3) is 16.6 Å². The SMILES string of the molecule is COC(=O)C(c1ccc(Cl)c2ncc(Cc3ccc(-n4cccn4)cc3)c(C)c12)C(C)C. The van der Waals surface area contributed by atoms with Crippen LogP contribution in [0.15, 0.2) is 61.1 Å². The van der Waals surface area contributed by atoms with Gasteiger partial charge in [-0.3, -0.25) is 9.78 Å². The van der Waals surface area contributed by atoms with Gasteiger partial charge in [0, 0.05) is 24.0 Å². The van der Waals surface area contributed by atoms with Crippen molar-refractivity contribution < 1.29 is 9.53 Å². The lowest BCUT2D eigenvalue weighted by molar-refractivity contribution is -0.143. The Morgan fingerprint density at radius 2 is 1.91 bits per heavy atom. The molecule has 0 saturated heterocycles. The van der Waals surface area contributed by atoms with Crippen molar-refractivity contribution in [1.29, 1.82) is 0 Å². The highest BCUT2D eigenvalue weighted by Crippen LogP contribution is 2.37. The molecule has 32 heavy (non-hydrogen) atoms. The Labute approximate surface area is 193 Å². The molecule has 0 spiro atoms. The molecule has 0 saturated carbocycles. The summed E-state index contributed by atoms with van der Waals surface area (Å²) in [6.07, 6.45) is 6.30. The number of nitrogens with zero attached hydrogens (tertiary/aromatic N) is 3. The molecular weight excluding hydrogens is 422 g/mol. The van der Waals surface area contributed by atoms with E-state index in [2.05, 4.69) is 41.3 Å². The van der Waals surface area contributed by atoms with E-state index in [-0.39, 0.29) is 17.8 Å². The summed E-state index contributed by atoms with van der Waals surface area (Å²) in [5, 5.41) is 5.79. The number of hydrogen-bond donors (Lipinski definition) is 0.